The third kappa shape index (κ3) is 5.13. The molecular weight excluding hydrogens is 404 g/mol. The highest BCUT2D eigenvalue weighted by molar-refractivity contribution is 7.29. The Morgan fingerprint density at radius 1 is 0.933 bits per heavy atom. The monoisotopic (exact) mass is 440 g/mol. The van der Waals surface area contributed by atoms with Crippen molar-refractivity contribution in [2.24, 2.45) is 11.8 Å². The second-order valence-electron chi connectivity index (χ2n) is 9.22. The first-order valence-corrected chi connectivity index (χ1v) is 13.7. The third-order valence-electron chi connectivity index (χ3n) is 6.95. The lowest BCUT2D eigenvalue weighted by atomic mass is 9.74. The van der Waals surface area contributed by atoms with Crippen LogP contribution < -0.4 is 0 Å². The van der Waals surface area contributed by atoms with Crippen molar-refractivity contribution in [2.75, 3.05) is 0 Å². The molecule has 162 valence electrons. The number of thiophene rings is 2. The van der Waals surface area contributed by atoms with Crippen molar-refractivity contribution in [1.82, 2.24) is 9.97 Å². The Hall–Kier alpha value is -1.26. The molecule has 1 saturated carbocycles. The van der Waals surface area contributed by atoms with Crippen molar-refractivity contribution >= 4 is 32.1 Å². The summed E-state index contributed by atoms with van der Waals surface area (Å²) in [5.74, 6) is 3.44. The number of unbranched alkanes of at least 4 members (excludes halogenated alkanes) is 2. The van der Waals surface area contributed by atoms with E-state index in [0.717, 1.165) is 30.5 Å². The van der Waals surface area contributed by atoms with Crippen molar-refractivity contribution in [1.29, 1.82) is 0 Å². The van der Waals surface area contributed by atoms with Gasteiger partial charge in [-0.15, -0.1) is 22.7 Å². The molecule has 1 aliphatic carbocycles. The Bertz CT molecular complexity index is 885. The van der Waals surface area contributed by atoms with Crippen LogP contribution in [0, 0.1) is 11.8 Å². The first kappa shape index (κ1) is 22.0. The number of hydrogen-bond acceptors (Lipinski definition) is 4. The van der Waals surface area contributed by atoms with Gasteiger partial charge in [-0.25, -0.2) is 9.97 Å². The maximum atomic E-state index is 4.61. The van der Waals surface area contributed by atoms with Crippen molar-refractivity contribution in [3.05, 3.63) is 35.0 Å². The van der Waals surface area contributed by atoms with Gasteiger partial charge in [0.1, 0.15) is 0 Å². The second-order valence-corrected chi connectivity index (χ2v) is 11.4. The summed E-state index contributed by atoms with van der Waals surface area (Å²) >= 11 is 3.85. The van der Waals surface area contributed by atoms with Gasteiger partial charge in [0.25, 0.3) is 0 Å². The Kier molecular flexibility index (Phi) is 7.59. The van der Waals surface area contributed by atoms with Gasteiger partial charge in [0.2, 0.25) is 0 Å². The summed E-state index contributed by atoms with van der Waals surface area (Å²) in [4.78, 5) is 12.0. The SMILES string of the molecule is CCCCCC1CCC(C(C)c2cc3sc(-c4ncc(CCC)cn4)cc3s2)CC1. The average Bonchev–Trinajstić information content (AvgIpc) is 3.34. The summed E-state index contributed by atoms with van der Waals surface area (Å²) < 4.78 is 2.82. The van der Waals surface area contributed by atoms with E-state index in [-0.39, 0.29) is 0 Å². The molecule has 30 heavy (non-hydrogen) atoms. The number of aromatic nitrogens is 2. The van der Waals surface area contributed by atoms with Crippen molar-refractivity contribution in [3.63, 3.8) is 0 Å². The van der Waals surface area contributed by atoms with Crippen molar-refractivity contribution in [2.45, 2.75) is 90.9 Å². The number of nitrogens with zero attached hydrogens (tertiary/aromatic N) is 2. The molecule has 3 heterocycles. The minimum absolute atomic E-state index is 0.694. The predicted octanol–water partition coefficient (Wildman–Crippen LogP) is 8.86. The van der Waals surface area contributed by atoms with Crippen LogP contribution in [0.15, 0.2) is 24.5 Å². The predicted molar refractivity (Wildman–Crippen MR) is 133 cm³/mol. The van der Waals surface area contributed by atoms with Gasteiger partial charge in [-0.2, -0.15) is 0 Å². The van der Waals surface area contributed by atoms with Gasteiger partial charge in [0.15, 0.2) is 5.82 Å². The zero-order valence-electron chi connectivity index (χ0n) is 18.8. The lowest BCUT2D eigenvalue weighted by Gasteiger charge is -2.32. The van der Waals surface area contributed by atoms with Crippen LogP contribution in [0.1, 0.15) is 94.9 Å². The fourth-order valence-electron chi connectivity index (χ4n) is 4.98. The van der Waals surface area contributed by atoms with Crippen LogP contribution in [0.5, 0.6) is 0 Å². The minimum atomic E-state index is 0.694. The Morgan fingerprint density at radius 3 is 2.33 bits per heavy atom. The summed E-state index contributed by atoms with van der Waals surface area (Å²) in [7, 11) is 0. The van der Waals surface area contributed by atoms with Gasteiger partial charge in [0.05, 0.1) is 4.88 Å². The van der Waals surface area contributed by atoms with Crippen LogP contribution in [0.3, 0.4) is 0 Å². The molecule has 3 aromatic heterocycles. The van der Waals surface area contributed by atoms with Crippen LogP contribution in [-0.4, -0.2) is 9.97 Å². The number of fused-ring (bicyclic) bond motifs is 1. The molecule has 0 spiro atoms. The molecule has 0 bridgehead atoms. The van der Waals surface area contributed by atoms with Gasteiger partial charge in [-0.3, -0.25) is 0 Å². The summed E-state index contributed by atoms with van der Waals surface area (Å²) in [5.41, 5.74) is 1.23. The molecule has 2 nitrogen and oxygen atoms in total. The molecule has 0 amide bonds. The average molecular weight is 441 g/mol. The van der Waals surface area contributed by atoms with Crippen molar-refractivity contribution in [3.8, 4) is 10.7 Å². The molecule has 4 heteroatoms. The maximum absolute atomic E-state index is 4.61. The summed E-state index contributed by atoms with van der Waals surface area (Å²) in [5, 5.41) is 0. The molecule has 0 saturated heterocycles. The van der Waals surface area contributed by atoms with E-state index < -0.39 is 0 Å². The van der Waals surface area contributed by atoms with Gasteiger partial charge in [-0.1, -0.05) is 65.7 Å². The topological polar surface area (TPSA) is 25.8 Å². The molecule has 0 aliphatic heterocycles. The molecule has 1 fully saturated rings. The highest BCUT2D eigenvalue weighted by atomic mass is 32.1. The van der Waals surface area contributed by atoms with E-state index in [1.165, 1.54) is 71.2 Å². The lowest BCUT2D eigenvalue weighted by molar-refractivity contribution is 0.237. The van der Waals surface area contributed by atoms with Crippen LogP contribution in [0.4, 0.5) is 0 Å². The van der Waals surface area contributed by atoms with Crippen LogP contribution in [0.2, 0.25) is 0 Å². The van der Waals surface area contributed by atoms with E-state index in [1.54, 1.807) is 4.88 Å². The standard InChI is InChI=1S/C26H36N2S2/c1-4-6-7-9-19-10-12-21(13-11-19)18(3)22-14-23-24(29-22)15-25(30-23)26-27-16-20(8-5-2)17-28-26/h14-19,21H,4-13H2,1-3H3. The fraction of sp³-hybridized carbons (Fsp3) is 0.615. The zero-order chi connectivity index (χ0) is 20.9. The normalized spacial score (nSPS) is 20.6. The Labute approximate surface area is 190 Å². The Morgan fingerprint density at radius 2 is 1.67 bits per heavy atom. The number of hydrogen-bond donors (Lipinski definition) is 0. The van der Waals surface area contributed by atoms with Gasteiger partial charge < -0.3 is 0 Å². The molecule has 1 aliphatic rings. The quantitative estimate of drug-likeness (QED) is 0.310. The lowest BCUT2D eigenvalue weighted by Crippen LogP contribution is -2.18. The van der Waals surface area contributed by atoms with E-state index in [9.17, 15) is 0 Å². The Balaban J connectivity index is 1.38. The van der Waals surface area contributed by atoms with Crippen LogP contribution in [-0.2, 0) is 6.42 Å². The number of rotatable bonds is 9. The zero-order valence-corrected chi connectivity index (χ0v) is 20.5. The van der Waals surface area contributed by atoms with Crippen LogP contribution in [0.25, 0.3) is 20.1 Å². The smallest absolute Gasteiger partial charge is 0.169 e. The molecule has 0 aromatic carbocycles. The molecule has 4 rings (SSSR count). The van der Waals surface area contributed by atoms with E-state index in [4.69, 9.17) is 0 Å². The van der Waals surface area contributed by atoms with E-state index in [1.807, 2.05) is 35.1 Å². The van der Waals surface area contributed by atoms with Gasteiger partial charge >= 0.3 is 0 Å². The molecule has 3 aromatic rings. The minimum Gasteiger partial charge on any atom is -0.236 e. The maximum Gasteiger partial charge on any atom is 0.169 e. The molecule has 0 radical (unpaired) electrons. The van der Waals surface area contributed by atoms with E-state index >= 15 is 0 Å². The first-order chi connectivity index (χ1) is 14.7. The summed E-state index contributed by atoms with van der Waals surface area (Å²) in [6.07, 6.45) is 17.6. The molecule has 1 unspecified atom stereocenters. The fourth-order valence-corrected chi connectivity index (χ4v) is 7.48. The molecule has 0 N–H and O–H groups in total. The molecular formula is C26H36N2S2. The van der Waals surface area contributed by atoms with Crippen molar-refractivity contribution < 1.29 is 0 Å². The summed E-state index contributed by atoms with van der Waals surface area (Å²) in [6, 6.07) is 4.76. The van der Waals surface area contributed by atoms with Crippen LogP contribution >= 0.6 is 22.7 Å². The van der Waals surface area contributed by atoms with E-state index in [0.29, 0.717) is 5.92 Å². The second kappa shape index (κ2) is 10.4. The first-order valence-electron chi connectivity index (χ1n) is 12.0. The highest BCUT2D eigenvalue weighted by Gasteiger charge is 2.27. The summed E-state index contributed by atoms with van der Waals surface area (Å²) in [6.45, 7) is 6.97. The number of aryl methyl sites for hydroxylation is 1. The van der Waals surface area contributed by atoms with E-state index in [2.05, 4.69) is 42.9 Å². The van der Waals surface area contributed by atoms with Gasteiger partial charge in [-0.05, 0) is 54.7 Å². The largest absolute Gasteiger partial charge is 0.236 e. The molecule has 1 atom stereocenters. The van der Waals surface area contributed by atoms with Gasteiger partial charge in [0, 0.05) is 26.7 Å². The highest BCUT2D eigenvalue weighted by Crippen LogP contribution is 2.45. The third-order valence-corrected chi connectivity index (χ3v) is 9.44.